The molecule has 108 valence electrons. The van der Waals surface area contributed by atoms with E-state index in [0.717, 1.165) is 18.7 Å². The van der Waals surface area contributed by atoms with Gasteiger partial charge in [-0.05, 0) is 6.42 Å². The molecule has 0 fully saturated rings. The first-order valence-corrected chi connectivity index (χ1v) is 6.97. The van der Waals surface area contributed by atoms with Crippen molar-refractivity contribution >= 4 is 11.2 Å². The fourth-order valence-electron chi connectivity index (χ4n) is 2.19. The molecule has 0 aliphatic carbocycles. The maximum Gasteiger partial charge on any atom is 0.333 e. The van der Waals surface area contributed by atoms with E-state index in [1.54, 1.807) is 10.6 Å². The topological polar surface area (TPSA) is 72.7 Å². The largest absolute Gasteiger partial charge is 0.336 e. The lowest BCUT2D eigenvalue weighted by atomic mass is 10.3. The number of aromatic amines is 1. The third kappa shape index (κ3) is 2.33. The lowest BCUT2D eigenvalue weighted by Gasteiger charge is -2.09. The SMILES string of the molecule is C=CCn1c(=O)c2[nH]c(CC)nc2n(CCCC)c1=O. The molecule has 6 nitrogen and oxygen atoms in total. The van der Waals surface area contributed by atoms with Crippen LogP contribution < -0.4 is 11.2 Å². The van der Waals surface area contributed by atoms with Gasteiger partial charge in [0.05, 0.1) is 0 Å². The van der Waals surface area contributed by atoms with Crippen molar-refractivity contribution < 1.29 is 0 Å². The normalized spacial score (nSPS) is 11.1. The fourth-order valence-corrected chi connectivity index (χ4v) is 2.19. The molecule has 2 rings (SSSR count). The minimum Gasteiger partial charge on any atom is -0.336 e. The molecule has 2 heterocycles. The van der Waals surface area contributed by atoms with Crippen molar-refractivity contribution in [2.75, 3.05) is 0 Å². The summed E-state index contributed by atoms with van der Waals surface area (Å²) in [5.74, 6) is 0.720. The first kappa shape index (κ1) is 14.3. The quantitative estimate of drug-likeness (QED) is 0.811. The molecule has 20 heavy (non-hydrogen) atoms. The van der Waals surface area contributed by atoms with Gasteiger partial charge < -0.3 is 4.98 Å². The summed E-state index contributed by atoms with van der Waals surface area (Å²) in [6.07, 6.45) is 4.09. The summed E-state index contributed by atoms with van der Waals surface area (Å²) in [6, 6.07) is 0. The number of allylic oxidation sites excluding steroid dienone is 1. The predicted octanol–water partition coefficient (Wildman–Crippen LogP) is 1.43. The monoisotopic (exact) mass is 276 g/mol. The summed E-state index contributed by atoms with van der Waals surface area (Å²) in [5, 5.41) is 0. The zero-order chi connectivity index (χ0) is 14.7. The number of aromatic nitrogens is 4. The molecule has 6 heteroatoms. The Morgan fingerprint density at radius 3 is 2.65 bits per heavy atom. The molecular formula is C14H20N4O2. The van der Waals surface area contributed by atoms with Crippen molar-refractivity contribution in [2.45, 2.75) is 46.2 Å². The Labute approximate surface area is 116 Å². The van der Waals surface area contributed by atoms with Crippen molar-refractivity contribution in [2.24, 2.45) is 0 Å². The van der Waals surface area contributed by atoms with Crippen LogP contribution in [0.1, 0.15) is 32.5 Å². The molecule has 0 amide bonds. The van der Waals surface area contributed by atoms with E-state index in [0.29, 0.717) is 24.1 Å². The van der Waals surface area contributed by atoms with E-state index in [-0.39, 0.29) is 17.8 Å². The predicted molar refractivity (Wildman–Crippen MR) is 79.1 cm³/mol. The van der Waals surface area contributed by atoms with E-state index >= 15 is 0 Å². The number of hydrogen-bond donors (Lipinski definition) is 1. The van der Waals surface area contributed by atoms with Gasteiger partial charge in [0.2, 0.25) is 0 Å². The molecule has 0 unspecified atom stereocenters. The number of fused-ring (bicyclic) bond motifs is 1. The molecule has 0 saturated heterocycles. The van der Waals surface area contributed by atoms with E-state index < -0.39 is 0 Å². The summed E-state index contributed by atoms with van der Waals surface area (Å²) in [4.78, 5) is 32.1. The second kappa shape index (κ2) is 5.90. The average molecular weight is 276 g/mol. The Balaban J connectivity index is 2.78. The molecule has 2 aromatic rings. The Morgan fingerprint density at radius 2 is 2.05 bits per heavy atom. The summed E-state index contributed by atoms with van der Waals surface area (Å²) in [5.41, 5.74) is 0.222. The zero-order valence-electron chi connectivity index (χ0n) is 12.0. The van der Waals surface area contributed by atoms with Gasteiger partial charge in [0.25, 0.3) is 5.56 Å². The Bertz CT molecular complexity index is 736. The Hall–Kier alpha value is -2.11. The molecule has 0 bridgehead atoms. The summed E-state index contributed by atoms with van der Waals surface area (Å²) in [7, 11) is 0. The van der Waals surface area contributed by atoms with Gasteiger partial charge in [-0.2, -0.15) is 0 Å². The third-order valence-corrected chi connectivity index (χ3v) is 3.29. The highest BCUT2D eigenvalue weighted by Gasteiger charge is 2.15. The van der Waals surface area contributed by atoms with Gasteiger partial charge in [-0.3, -0.25) is 13.9 Å². The molecule has 0 aliphatic rings. The van der Waals surface area contributed by atoms with E-state index in [9.17, 15) is 9.59 Å². The molecule has 0 spiro atoms. The second-order valence-electron chi connectivity index (χ2n) is 4.73. The molecular weight excluding hydrogens is 256 g/mol. The van der Waals surface area contributed by atoms with Crippen molar-refractivity contribution in [1.82, 2.24) is 19.1 Å². The van der Waals surface area contributed by atoms with Crippen LogP contribution in [0, 0.1) is 0 Å². The Morgan fingerprint density at radius 1 is 1.30 bits per heavy atom. The standard InChI is InChI=1S/C14H20N4O2/c1-4-7-9-17-12-11(15-10(6-3)16-12)13(19)18(8-5-2)14(17)20/h5H,2,4,6-9H2,1,3H3,(H,15,16). The summed E-state index contributed by atoms with van der Waals surface area (Å²) < 4.78 is 2.78. The fraction of sp³-hybridized carbons (Fsp3) is 0.500. The maximum absolute atomic E-state index is 12.4. The highest BCUT2D eigenvalue weighted by molar-refractivity contribution is 5.69. The lowest BCUT2D eigenvalue weighted by molar-refractivity contribution is 0.572. The molecule has 0 aliphatic heterocycles. The van der Waals surface area contributed by atoms with Crippen LogP contribution in [0.4, 0.5) is 0 Å². The van der Waals surface area contributed by atoms with Gasteiger partial charge in [-0.15, -0.1) is 6.58 Å². The number of rotatable bonds is 6. The van der Waals surface area contributed by atoms with Crippen molar-refractivity contribution in [1.29, 1.82) is 0 Å². The molecule has 0 saturated carbocycles. The molecule has 2 aromatic heterocycles. The molecule has 0 aromatic carbocycles. The van der Waals surface area contributed by atoms with Crippen LogP contribution in [-0.2, 0) is 19.5 Å². The van der Waals surface area contributed by atoms with Crippen LogP contribution >= 0.6 is 0 Å². The number of unbranched alkanes of at least 4 members (excludes halogenated alkanes) is 1. The lowest BCUT2D eigenvalue weighted by Crippen LogP contribution is -2.39. The first-order chi connectivity index (χ1) is 9.63. The Kier molecular flexibility index (Phi) is 4.22. The average Bonchev–Trinajstić information content (AvgIpc) is 2.88. The molecule has 0 atom stereocenters. The van der Waals surface area contributed by atoms with Gasteiger partial charge in [-0.1, -0.05) is 26.3 Å². The van der Waals surface area contributed by atoms with Gasteiger partial charge >= 0.3 is 5.69 Å². The maximum atomic E-state index is 12.4. The summed E-state index contributed by atoms with van der Waals surface area (Å²) >= 11 is 0. The number of imidazole rings is 1. The van der Waals surface area contributed by atoms with Gasteiger partial charge in [0.1, 0.15) is 11.3 Å². The first-order valence-electron chi connectivity index (χ1n) is 6.97. The third-order valence-electron chi connectivity index (χ3n) is 3.29. The minimum atomic E-state index is -0.329. The van der Waals surface area contributed by atoms with Crippen LogP contribution in [0.2, 0.25) is 0 Å². The second-order valence-corrected chi connectivity index (χ2v) is 4.73. The highest BCUT2D eigenvalue weighted by atomic mass is 16.2. The van der Waals surface area contributed by atoms with Crippen molar-refractivity contribution in [3.05, 3.63) is 39.3 Å². The van der Waals surface area contributed by atoms with E-state index in [4.69, 9.17) is 0 Å². The van der Waals surface area contributed by atoms with E-state index in [2.05, 4.69) is 23.5 Å². The van der Waals surface area contributed by atoms with Crippen LogP contribution in [0.5, 0.6) is 0 Å². The molecule has 0 radical (unpaired) electrons. The number of nitrogens with zero attached hydrogens (tertiary/aromatic N) is 3. The smallest absolute Gasteiger partial charge is 0.333 e. The number of nitrogens with one attached hydrogen (secondary N) is 1. The summed E-state index contributed by atoms with van der Waals surface area (Å²) in [6.45, 7) is 8.39. The van der Waals surface area contributed by atoms with E-state index in [1.807, 2.05) is 6.92 Å². The number of H-pyrrole nitrogens is 1. The van der Waals surface area contributed by atoms with Crippen molar-refractivity contribution in [3.8, 4) is 0 Å². The van der Waals surface area contributed by atoms with Gasteiger partial charge in [0.15, 0.2) is 5.65 Å². The van der Waals surface area contributed by atoms with Crippen LogP contribution in [0.25, 0.3) is 11.2 Å². The van der Waals surface area contributed by atoms with Crippen LogP contribution in [-0.4, -0.2) is 19.1 Å². The molecule has 1 N–H and O–H groups in total. The highest BCUT2D eigenvalue weighted by Crippen LogP contribution is 2.07. The van der Waals surface area contributed by atoms with Crippen LogP contribution in [0.3, 0.4) is 0 Å². The van der Waals surface area contributed by atoms with Crippen LogP contribution in [0.15, 0.2) is 22.2 Å². The van der Waals surface area contributed by atoms with Gasteiger partial charge in [-0.25, -0.2) is 9.78 Å². The minimum absolute atomic E-state index is 0.209. The van der Waals surface area contributed by atoms with Crippen molar-refractivity contribution in [3.63, 3.8) is 0 Å². The zero-order valence-corrected chi connectivity index (χ0v) is 12.0. The van der Waals surface area contributed by atoms with E-state index in [1.165, 1.54) is 4.57 Å². The van der Waals surface area contributed by atoms with Gasteiger partial charge in [0, 0.05) is 19.5 Å². The number of hydrogen-bond acceptors (Lipinski definition) is 3. The number of aryl methyl sites for hydroxylation is 2.